The molecule has 2 N–H and O–H groups in total. The van der Waals surface area contributed by atoms with Gasteiger partial charge in [-0.05, 0) is 25.8 Å². The molecule has 0 bridgehead atoms. The van der Waals surface area contributed by atoms with Crippen molar-refractivity contribution in [1.82, 2.24) is 9.88 Å². The van der Waals surface area contributed by atoms with Crippen molar-refractivity contribution in [2.75, 3.05) is 13.1 Å². The first-order chi connectivity index (χ1) is 7.44. The van der Waals surface area contributed by atoms with Gasteiger partial charge in [0.1, 0.15) is 5.60 Å². The van der Waals surface area contributed by atoms with Crippen molar-refractivity contribution in [2.24, 2.45) is 5.92 Å². The van der Waals surface area contributed by atoms with Crippen LogP contribution >= 0.6 is 0 Å². The number of aryl methyl sites for hydroxylation is 1. The number of rotatable bonds is 3. The summed E-state index contributed by atoms with van der Waals surface area (Å²) in [6.45, 7) is 11.1. The quantitative estimate of drug-likeness (QED) is 0.814. The molecule has 0 aromatic carbocycles. The van der Waals surface area contributed by atoms with E-state index < -0.39 is 5.60 Å². The van der Waals surface area contributed by atoms with Gasteiger partial charge in [-0.3, -0.25) is 0 Å². The predicted molar refractivity (Wildman–Crippen MR) is 65.5 cm³/mol. The number of hydrogen-bond donors (Lipinski definition) is 2. The van der Waals surface area contributed by atoms with Crippen LogP contribution in [0.15, 0.2) is 6.07 Å². The lowest BCUT2D eigenvalue weighted by Gasteiger charge is -2.38. The van der Waals surface area contributed by atoms with Gasteiger partial charge in [0.05, 0.1) is 0 Å². The lowest BCUT2D eigenvalue weighted by atomic mass is 9.88. The standard InChI is InChI=1S/C13H22N2O/c1-9(2)6-15-10(3)5-12(11(15)4)13(16)7-14-8-13/h5,9,14,16H,6-8H2,1-4H3. The van der Waals surface area contributed by atoms with Gasteiger partial charge >= 0.3 is 0 Å². The molecule has 1 aliphatic rings. The summed E-state index contributed by atoms with van der Waals surface area (Å²) >= 11 is 0. The zero-order valence-corrected chi connectivity index (χ0v) is 10.7. The second-order valence-electron chi connectivity index (χ2n) is 5.42. The van der Waals surface area contributed by atoms with Crippen molar-refractivity contribution >= 4 is 0 Å². The molecule has 16 heavy (non-hydrogen) atoms. The van der Waals surface area contributed by atoms with Crippen LogP contribution in [0.2, 0.25) is 0 Å². The molecule has 0 aliphatic carbocycles. The van der Waals surface area contributed by atoms with Gasteiger partial charge in [-0.15, -0.1) is 0 Å². The smallest absolute Gasteiger partial charge is 0.116 e. The fraction of sp³-hybridized carbons (Fsp3) is 0.692. The molecule has 0 atom stereocenters. The van der Waals surface area contributed by atoms with E-state index >= 15 is 0 Å². The molecular weight excluding hydrogens is 200 g/mol. The van der Waals surface area contributed by atoms with E-state index in [0.29, 0.717) is 19.0 Å². The maximum absolute atomic E-state index is 10.4. The molecule has 90 valence electrons. The van der Waals surface area contributed by atoms with Crippen molar-refractivity contribution in [3.63, 3.8) is 0 Å². The molecule has 1 aromatic heterocycles. The average Bonchev–Trinajstić information content (AvgIpc) is 2.42. The van der Waals surface area contributed by atoms with Gasteiger partial charge in [0.2, 0.25) is 0 Å². The Bertz CT molecular complexity index is 389. The van der Waals surface area contributed by atoms with Gasteiger partial charge in [0.25, 0.3) is 0 Å². The van der Waals surface area contributed by atoms with Crippen LogP contribution in [0.4, 0.5) is 0 Å². The normalized spacial score (nSPS) is 18.9. The largest absolute Gasteiger partial charge is 0.382 e. The highest BCUT2D eigenvalue weighted by Crippen LogP contribution is 2.30. The molecular formula is C13H22N2O. The summed E-state index contributed by atoms with van der Waals surface area (Å²) in [5.41, 5.74) is 2.94. The number of nitrogens with one attached hydrogen (secondary N) is 1. The molecule has 2 heterocycles. The molecule has 3 heteroatoms. The molecule has 1 saturated heterocycles. The summed E-state index contributed by atoms with van der Waals surface area (Å²) in [5.74, 6) is 0.631. The van der Waals surface area contributed by atoms with Crippen LogP contribution in [0.3, 0.4) is 0 Å². The molecule has 0 amide bonds. The summed E-state index contributed by atoms with van der Waals surface area (Å²) in [6.07, 6.45) is 0. The Balaban J connectivity index is 2.34. The van der Waals surface area contributed by atoms with E-state index in [2.05, 4.69) is 43.6 Å². The molecule has 0 spiro atoms. The predicted octanol–water partition coefficient (Wildman–Crippen LogP) is 1.55. The van der Waals surface area contributed by atoms with Crippen LogP contribution in [-0.4, -0.2) is 22.8 Å². The molecule has 0 saturated carbocycles. The number of β-amino-alcohol motifs (C(OH)–C–C–N with tert-alkyl or cyclic N) is 1. The minimum Gasteiger partial charge on any atom is -0.382 e. The van der Waals surface area contributed by atoms with Crippen molar-refractivity contribution < 1.29 is 5.11 Å². The molecule has 0 radical (unpaired) electrons. The molecule has 0 unspecified atom stereocenters. The average molecular weight is 222 g/mol. The highest BCUT2D eigenvalue weighted by molar-refractivity contribution is 5.34. The number of aromatic nitrogens is 1. The summed E-state index contributed by atoms with van der Waals surface area (Å²) in [5, 5.41) is 13.5. The van der Waals surface area contributed by atoms with Crippen LogP contribution in [-0.2, 0) is 12.1 Å². The highest BCUT2D eigenvalue weighted by atomic mass is 16.3. The minimum absolute atomic E-state index is 0.628. The molecule has 1 aromatic rings. The first-order valence-corrected chi connectivity index (χ1v) is 6.04. The van der Waals surface area contributed by atoms with Crippen molar-refractivity contribution in [1.29, 1.82) is 0 Å². The highest BCUT2D eigenvalue weighted by Gasteiger charge is 2.38. The van der Waals surface area contributed by atoms with E-state index in [1.165, 1.54) is 11.4 Å². The van der Waals surface area contributed by atoms with E-state index in [1.54, 1.807) is 0 Å². The van der Waals surface area contributed by atoms with Crippen LogP contribution in [0.1, 0.15) is 30.8 Å². The van der Waals surface area contributed by atoms with Crippen molar-refractivity contribution in [2.45, 2.75) is 39.8 Å². The van der Waals surface area contributed by atoms with Crippen LogP contribution < -0.4 is 5.32 Å². The molecule has 1 aliphatic heterocycles. The Morgan fingerprint density at radius 1 is 1.44 bits per heavy atom. The first-order valence-electron chi connectivity index (χ1n) is 6.04. The van der Waals surface area contributed by atoms with Gasteiger partial charge in [0, 0.05) is 36.6 Å². The third-order valence-corrected chi connectivity index (χ3v) is 3.46. The Morgan fingerprint density at radius 2 is 2.06 bits per heavy atom. The summed E-state index contributed by atoms with van der Waals surface area (Å²) < 4.78 is 2.32. The van der Waals surface area contributed by atoms with Gasteiger partial charge in [-0.2, -0.15) is 0 Å². The van der Waals surface area contributed by atoms with E-state index in [-0.39, 0.29) is 0 Å². The Morgan fingerprint density at radius 3 is 2.50 bits per heavy atom. The summed E-state index contributed by atoms with van der Waals surface area (Å²) in [4.78, 5) is 0. The van der Waals surface area contributed by atoms with Gasteiger partial charge in [-0.1, -0.05) is 13.8 Å². The van der Waals surface area contributed by atoms with E-state index in [9.17, 15) is 5.11 Å². The first kappa shape index (κ1) is 11.7. The van der Waals surface area contributed by atoms with E-state index in [0.717, 1.165) is 12.1 Å². The van der Waals surface area contributed by atoms with Gasteiger partial charge in [0.15, 0.2) is 0 Å². The van der Waals surface area contributed by atoms with Gasteiger partial charge in [-0.25, -0.2) is 0 Å². The van der Waals surface area contributed by atoms with Crippen molar-refractivity contribution in [3.8, 4) is 0 Å². The number of nitrogens with zero attached hydrogens (tertiary/aromatic N) is 1. The summed E-state index contributed by atoms with van der Waals surface area (Å²) in [6, 6.07) is 2.14. The fourth-order valence-electron chi connectivity index (χ4n) is 2.47. The van der Waals surface area contributed by atoms with Crippen LogP contribution in [0.25, 0.3) is 0 Å². The summed E-state index contributed by atoms with van der Waals surface area (Å²) in [7, 11) is 0. The Hall–Kier alpha value is -0.800. The van der Waals surface area contributed by atoms with Gasteiger partial charge < -0.3 is 15.0 Å². The lowest BCUT2D eigenvalue weighted by Crippen LogP contribution is -2.56. The maximum atomic E-state index is 10.4. The fourth-order valence-corrected chi connectivity index (χ4v) is 2.47. The van der Waals surface area contributed by atoms with Crippen LogP contribution in [0.5, 0.6) is 0 Å². The second-order valence-corrected chi connectivity index (χ2v) is 5.42. The minimum atomic E-state index is -0.628. The van der Waals surface area contributed by atoms with Crippen LogP contribution in [0, 0.1) is 19.8 Å². The van der Waals surface area contributed by atoms with E-state index in [4.69, 9.17) is 0 Å². The molecule has 2 rings (SSSR count). The monoisotopic (exact) mass is 222 g/mol. The third kappa shape index (κ3) is 1.78. The number of hydrogen-bond acceptors (Lipinski definition) is 2. The third-order valence-electron chi connectivity index (χ3n) is 3.46. The zero-order chi connectivity index (χ0) is 11.9. The van der Waals surface area contributed by atoms with E-state index in [1.807, 2.05) is 0 Å². The molecule has 3 nitrogen and oxygen atoms in total. The molecule has 1 fully saturated rings. The van der Waals surface area contributed by atoms with Crippen molar-refractivity contribution in [3.05, 3.63) is 23.0 Å². The SMILES string of the molecule is Cc1cc(C2(O)CNC2)c(C)n1CC(C)C. The number of aliphatic hydroxyl groups is 1. The zero-order valence-electron chi connectivity index (χ0n) is 10.7. The Labute approximate surface area is 97.5 Å². The lowest BCUT2D eigenvalue weighted by molar-refractivity contribution is -0.0152. The second kappa shape index (κ2) is 3.90. The topological polar surface area (TPSA) is 37.2 Å². The Kier molecular flexibility index (Phi) is 2.84. The maximum Gasteiger partial charge on any atom is 0.116 e.